The molecule has 0 radical (unpaired) electrons. The highest BCUT2D eigenvalue weighted by atomic mass is 32.2. The molecular formula is C16H22O3S. The van der Waals surface area contributed by atoms with Crippen LogP contribution in [0.4, 0.5) is 0 Å². The Hall–Kier alpha value is -0.870. The minimum atomic E-state index is -3.61. The van der Waals surface area contributed by atoms with Crippen LogP contribution in [-0.4, -0.2) is 15.0 Å². The second kappa shape index (κ2) is 5.15. The van der Waals surface area contributed by atoms with Gasteiger partial charge in [-0.15, -0.1) is 0 Å². The Balaban J connectivity index is 1.72. The fourth-order valence-corrected chi connectivity index (χ4v) is 4.92. The van der Waals surface area contributed by atoms with Crippen molar-refractivity contribution < 1.29 is 12.6 Å². The van der Waals surface area contributed by atoms with Crippen LogP contribution >= 0.6 is 0 Å². The van der Waals surface area contributed by atoms with E-state index in [4.69, 9.17) is 4.18 Å². The molecular weight excluding hydrogens is 272 g/mol. The molecule has 0 bridgehead atoms. The highest BCUT2D eigenvalue weighted by molar-refractivity contribution is 7.86. The van der Waals surface area contributed by atoms with Gasteiger partial charge < -0.3 is 0 Å². The molecule has 0 heterocycles. The molecule has 1 aromatic carbocycles. The summed E-state index contributed by atoms with van der Waals surface area (Å²) in [6.07, 6.45) is 7.18. The van der Waals surface area contributed by atoms with Gasteiger partial charge in [-0.25, -0.2) is 0 Å². The van der Waals surface area contributed by atoms with Crippen molar-refractivity contribution in [2.75, 3.05) is 6.61 Å². The second-order valence-corrected chi connectivity index (χ2v) is 7.99. The Morgan fingerprint density at radius 3 is 2.35 bits per heavy atom. The lowest BCUT2D eigenvalue weighted by Gasteiger charge is -2.28. The lowest BCUT2D eigenvalue weighted by Crippen LogP contribution is -2.28. The Morgan fingerprint density at radius 2 is 1.75 bits per heavy atom. The first kappa shape index (κ1) is 14.1. The van der Waals surface area contributed by atoms with E-state index in [1.165, 1.54) is 25.7 Å². The van der Waals surface area contributed by atoms with Gasteiger partial charge >= 0.3 is 0 Å². The van der Waals surface area contributed by atoms with E-state index in [-0.39, 0.29) is 10.3 Å². The lowest BCUT2D eigenvalue weighted by atomic mass is 9.81. The van der Waals surface area contributed by atoms with E-state index in [0.717, 1.165) is 18.4 Å². The van der Waals surface area contributed by atoms with Crippen molar-refractivity contribution in [3.8, 4) is 0 Å². The molecule has 2 fully saturated rings. The number of rotatable bonds is 4. The minimum absolute atomic E-state index is 0.137. The van der Waals surface area contributed by atoms with E-state index in [1.807, 2.05) is 19.1 Å². The Bertz CT molecular complexity index is 564. The van der Waals surface area contributed by atoms with Crippen LogP contribution in [0.25, 0.3) is 0 Å². The quantitative estimate of drug-likeness (QED) is 0.796. The Kier molecular flexibility index (Phi) is 3.63. The molecule has 0 spiro atoms. The molecule has 3 nitrogen and oxygen atoms in total. The highest BCUT2D eigenvalue weighted by Gasteiger charge is 2.46. The molecule has 0 N–H and O–H groups in total. The van der Waals surface area contributed by atoms with Gasteiger partial charge in [0.15, 0.2) is 0 Å². The second-order valence-electron chi connectivity index (χ2n) is 6.37. The molecule has 0 amide bonds. The van der Waals surface area contributed by atoms with Gasteiger partial charge in [-0.05, 0) is 56.1 Å². The van der Waals surface area contributed by atoms with Crippen LogP contribution in [-0.2, 0) is 14.3 Å². The van der Waals surface area contributed by atoms with Gasteiger partial charge in [-0.3, -0.25) is 4.18 Å². The molecule has 2 aliphatic carbocycles. The summed E-state index contributed by atoms with van der Waals surface area (Å²) in [6.45, 7) is 2.31. The van der Waals surface area contributed by atoms with Crippen molar-refractivity contribution in [1.29, 1.82) is 0 Å². The maximum absolute atomic E-state index is 12.3. The average Bonchev–Trinajstić information content (AvgIpc) is 2.96. The number of hydrogen-bond donors (Lipinski definition) is 0. The van der Waals surface area contributed by atoms with Gasteiger partial charge in [0, 0.05) is 0 Å². The van der Waals surface area contributed by atoms with E-state index in [2.05, 4.69) is 0 Å². The molecule has 20 heavy (non-hydrogen) atoms. The molecule has 0 atom stereocenters. The zero-order chi connectivity index (χ0) is 14.2. The maximum atomic E-state index is 12.3. The normalized spacial score (nSPS) is 29.6. The molecule has 0 unspecified atom stereocenters. The fraction of sp³-hybridized carbons (Fsp3) is 0.625. The zero-order valence-electron chi connectivity index (χ0n) is 12.0. The van der Waals surface area contributed by atoms with E-state index >= 15 is 0 Å². The maximum Gasteiger partial charge on any atom is 0.296 e. The molecule has 0 saturated heterocycles. The number of fused-ring (bicyclic) bond motifs is 1. The van der Waals surface area contributed by atoms with Crippen molar-refractivity contribution in [2.24, 2.45) is 11.3 Å². The standard InChI is InChI=1S/C16H22O3S/c1-13-6-8-15(9-7-13)20(17,18)19-12-16-10-2-4-14(16)5-3-11-16/h6-9,14H,2-5,10-12H2,1H3. The lowest BCUT2D eigenvalue weighted by molar-refractivity contribution is 0.127. The predicted octanol–water partition coefficient (Wildman–Crippen LogP) is 3.67. The van der Waals surface area contributed by atoms with E-state index in [1.54, 1.807) is 12.1 Å². The van der Waals surface area contributed by atoms with Gasteiger partial charge in [-0.1, -0.05) is 30.5 Å². The predicted molar refractivity (Wildman–Crippen MR) is 77.9 cm³/mol. The summed E-state index contributed by atoms with van der Waals surface area (Å²) < 4.78 is 29.9. The third-order valence-corrected chi connectivity index (χ3v) is 6.41. The van der Waals surface area contributed by atoms with E-state index < -0.39 is 10.1 Å². The first-order valence-electron chi connectivity index (χ1n) is 7.48. The molecule has 0 aliphatic heterocycles. The number of aryl methyl sites for hydroxylation is 1. The molecule has 1 aromatic rings. The van der Waals surface area contributed by atoms with Crippen LogP contribution < -0.4 is 0 Å². The average molecular weight is 294 g/mol. The van der Waals surface area contributed by atoms with Crippen molar-refractivity contribution in [2.45, 2.75) is 50.3 Å². The molecule has 2 aliphatic rings. The van der Waals surface area contributed by atoms with Crippen molar-refractivity contribution in [3.05, 3.63) is 29.8 Å². The topological polar surface area (TPSA) is 43.4 Å². The number of hydrogen-bond acceptors (Lipinski definition) is 3. The summed E-state index contributed by atoms with van der Waals surface area (Å²) in [6, 6.07) is 6.87. The van der Waals surface area contributed by atoms with Gasteiger partial charge in [0.25, 0.3) is 10.1 Å². The third kappa shape index (κ3) is 2.51. The highest BCUT2D eigenvalue weighted by Crippen LogP contribution is 2.54. The monoisotopic (exact) mass is 294 g/mol. The first-order chi connectivity index (χ1) is 9.52. The molecule has 2 saturated carbocycles. The summed E-state index contributed by atoms with van der Waals surface area (Å²) in [5, 5.41) is 0. The van der Waals surface area contributed by atoms with Crippen LogP contribution in [0.5, 0.6) is 0 Å². The SMILES string of the molecule is Cc1ccc(S(=O)(=O)OCC23CCCC2CCC3)cc1. The fourth-order valence-electron chi connectivity index (χ4n) is 3.92. The van der Waals surface area contributed by atoms with Gasteiger partial charge in [0.1, 0.15) is 0 Å². The molecule has 0 aromatic heterocycles. The van der Waals surface area contributed by atoms with Gasteiger partial charge in [-0.2, -0.15) is 8.42 Å². The Labute approximate surface area is 121 Å². The van der Waals surface area contributed by atoms with Crippen molar-refractivity contribution in [1.82, 2.24) is 0 Å². The largest absolute Gasteiger partial charge is 0.296 e. The van der Waals surface area contributed by atoms with Crippen molar-refractivity contribution in [3.63, 3.8) is 0 Å². The number of benzene rings is 1. The Morgan fingerprint density at radius 1 is 1.15 bits per heavy atom. The molecule has 4 heteroatoms. The van der Waals surface area contributed by atoms with Crippen LogP contribution in [0.2, 0.25) is 0 Å². The van der Waals surface area contributed by atoms with Crippen LogP contribution in [0.1, 0.15) is 44.1 Å². The minimum Gasteiger partial charge on any atom is -0.266 e. The first-order valence-corrected chi connectivity index (χ1v) is 8.89. The van der Waals surface area contributed by atoms with Crippen molar-refractivity contribution >= 4 is 10.1 Å². The summed E-state index contributed by atoms with van der Waals surface area (Å²) in [5.74, 6) is 0.677. The third-order valence-electron chi connectivity index (χ3n) is 5.13. The van der Waals surface area contributed by atoms with Crippen LogP contribution in [0.3, 0.4) is 0 Å². The van der Waals surface area contributed by atoms with E-state index in [0.29, 0.717) is 12.5 Å². The molecule has 3 rings (SSSR count). The van der Waals surface area contributed by atoms with E-state index in [9.17, 15) is 8.42 Å². The summed E-state index contributed by atoms with van der Waals surface area (Å²) in [4.78, 5) is 0.270. The zero-order valence-corrected chi connectivity index (χ0v) is 12.8. The summed E-state index contributed by atoms with van der Waals surface area (Å²) >= 11 is 0. The molecule has 110 valence electrons. The smallest absolute Gasteiger partial charge is 0.266 e. The summed E-state index contributed by atoms with van der Waals surface area (Å²) in [5.41, 5.74) is 1.19. The summed E-state index contributed by atoms with van der Waals surface area (Å²) in [7, 11) is -3.61. The van der Waals surface area contributed by atoms with Gasteiger partial charge in [0.2, 0.25) is 0 Å². The van der Waals surface area contributed by atoms with Gasteiger partial charge in [0.05, 0.1) is 11.5 Å². The van der Waals surface area contributed by atoms with Crippen LogP contribution in [0.15, 0.2) is 29.2 Å². The van der Waals surface area contributed by atoms with Crippen LogP contribution in [0, 0.1) is 18.3 Å².